The molecular formula is C27H33N3O5. The second-order valence-electron chi connectivity index (χ2n) is 9.66. The van der Waals surface area contributed by atoms with E-state index in [1.807, 2.05) is 50.2 Å². The lowest BCUT2D eigenvalue weighted by Crippen LogP contribution is -2.53. The van der Waals surface area contributed by atoms with Crippen molar-refractivity contribution in [1.82, 2.24) is 15.1 Å². The lowest BCUT2D eigenvalue weighted by molar-refractivity contribution is -0.136. The van der Waals surface area contributed by atoms with Crippen molar-refractivity contribution in [3.05, 3.63) is 71.8 Å². The molecule has 2 fully saturated rings. The van der Waals surface area contributed by atoms with E-state index in [9.17, 15) is 19.5 Å². The van der Waals surface area contributed by atoms with Gasteiger partial charge in [-0.15, -0.1) is 0 Å². The molecule has 0 saturated carbocycles. The number of β-amino-alcohol motifs (C(OH)–C–C–N with tert-alkyl or cyclic N) is 1. The molecule has 0 bridgehead atoms. The third kappa shape index (κ3) is 5.65. The molecule has 186 valence electrons. The average Bonchev–Trinajstić information content (AvgIpc) is 3.44. The molecule has 4 rings (SSSR count). The van der Waals surface area contributed by atoms with Gasteiger partial charge in [0.1, 0.15) is 12.6 Å². The van der Waals surface area contributed by atoms with Crippen molar-refractivity contribution >= 4 is 17.9 Å². The molecule has 2 saturated heterocycles. The molecule has 2 heterocycles. The molecule has 2 N–H and O–H groups in total. The van der Waals surface area contributed by atoms with Gasteiger partial charge in [-0.25, -0.2) is 4.79 Å². The molecule has 8 nitrogen and oxygen atoms in total. The van der Waals surface area contributed by atoms with Crippen molar-refractivity contribution in [3.8, 4) is 0 Å². The number of fused-ring (bicyclic) bond motifs is 1. The predicted molar refractivity (Wildman–Crippen MR) is 130 cm³/mol. The van der Waals surface area contributed by atoms with Gasteiger partial charge in [0.15, 0.2) is 0 Å². The average molecular weight is 480 g/mol. The molecule has 3 amide bonds. The first kappa shape index (κ1) is 24.7. The summed E-state index contributed by atoms with van der Waals surface area (Å²) < 4.78 is 5.34. The number of ether oxygens (including phenoxy) is 1. The molecule has 0 radical (unpaired) electrons. The van der Waals surface area contributed by atoms with E-state index in [4.69, 9.17) is 4.74 Å². The van der Waals surface area contributed by atoms with Crippen LogP contribution in [0.1, 0.15) is 42.6 Å². The van der Waals surface area contributed by atoms with Crippen LogP contribution in [-0.2, 0) is 16.1 Å². The van der Waals surface area contributed by atoms with Crippen molar-refractivity contribution in [2.45, 2.75) is 57.5 Å². The molecule has 35 heavy (non-hydrogen) atoms. The predicted octanol–water partition coefficient (Wildman–Crippen LogP) is 2.81. The van der Waals surface area contributed by atoms with E-state index >= 15 is 0 Å². The van der Waals surface area contributed by atoms with E-state index in [1.165, 1.54) is 0 Å². The van der Waals surface area contributed by atoms with Crippen molar-refractivity contribution in [2.75, 3.05) is 13.1 Å². The van der Waals surface area contributed by atoms with Crippen molar-refractivity contribution in [2.24, 2.45) is 5.92 Å². The SMILES string of the molecule is CC(C)C[C@H](NC(=O)OCc1ccccc1)C(=O)N1CCC2[C@H]1[C@@H](O)CN2C(=O)c1ccccc1. The van der Waals surface area contributed by atoms with Gasteiger partial charge in [0.2, 0.25) is 5.91 Å². The maximum absolute atomic E-state index is 13.6. The van der Waals surface area contributed by atoms with Crippen LogP contribution in [0.15, 0.2) is 60.7 Å². The third-order valence-electron chi connectivity index (χ3n) is 6.67. The number of benzene rings is 2. The number of carbonyl (C=O) groups is 3. The molecule has 2 aliphatic heterocycles. The second-order valence-corrected chi connectivity index (χ2v) is 9.66. The number of alkyl carbamates (subject to hydrolysis) is 1. The van der Waals surface area contributed by atoms with Crippen LogP contribution in [-0.4, -0.2) is 70.1 Å². The number of hydrogen-bond donors (Lipinski definition) is 2. The number of hydrogen-bond acceptors (Lipinski definition) is 5. The van der Waals surface area contributed by atoms with Crippen LogP contribution in [0, 0.1) is 5.92 Å². The van der Waals surface area contributed by atoms with Crippen LogP contribution in [0.4, 0.5) is 4.79 Å². The number of aliphatic hydroxyl groups is 1. The van der Waals surface area contributed by atoms with E-state index in [0.29, 0.717) is 24.9 Å². The van der Waals surface area contributed by atoms with Crippen LogP contribution in [0.25, 0.3) is 0 Å². The monoisotopic (exact) mass is 479 g/mol. The van der Waals surface area contributed by atoms with Gasteiger partial charge in [0.25, 0.3) is 5.91 Å². The largest absolute Gasteiger partial charge is 0.445 e. The number of rotatable bonds is 7. The van der Waals surface area contributed by atoms with Crippen molar-refractivity contribution in [1.29, 1.82) is 0 Å². The smallest absolute Gasteiger partial charge is 0.408 e. The highest BCUT2D eigenvalue weighted by atomic mass is 16.5. The highest BCUT2D eigenvalue weighted by molar-refractivity contribution is 5.95. The summed E-state index contributed by atoms with van der Waals surface area (Å²) in [5.74, 6) is -0.245. The summed E-state index contributed by atoms with van der Waals surface area (Å²) in [6.45, 7) is 4.66. The van der Waals surface area contributed by atoms with Gasteiger partial charge in [-0.05, 0) is 36.5 Å². The van der Waals surface area contributed by atoms with Crippen LogP contribution in [0.3, 0.4) is 0 Å². The van der Waals surface area contributed by atoms with Crippen LogP contribution >= 0.6 is 0 Å². The minimum Gasteiger partial charge on any atom is -0.445 e. The molecule has 0 aliphatic carbocycles. The topological polar surface area (TPSA) is 99.2 Å². The molecule has 1 unspecified atom stereocenters. The molecule has 0 aromatic heterocycles. The molecule has 2 aromatic rings. The quantitative estimate of drug-likeness (QED) is 0.636. The first-order chi connectivity index (χ1) is 16.8. The zero-order valence-electron chi connectivity index (χ0n) is 20.2. The maximum Gasteiger partial charge on any atom is 0.408 e. The summed E-state index contributed by atoms with van der Waals surface area (Å²) in [6.07, 6.45) is -0.477. The fourth-order valence-corrected chi connectivity index (χ4v) is 5.09. The number of nitrogens with one attached hydrogen (secondary N) is 1. The number of amides is 3. The maximum atomic E-state index is 13.6. The first-order valence-corrected chi connectivity index (χ1v) is 12.2. The fourth-order valence-electron chi connectivity index (χ4n) is 5.09. The summed E-state index contributed by atoms with van der Waals surface area (Å²) in [6, 6.07) is 16.8. The summed E-state index contributed by atoms with van der Waals surface area (Å²) in [4.78, 5) is 42.5. The molecule has 2 aromatic carbocycles. The Balaban J connectivity index is 1.43. The van der Waals surface area contributed by atoms with Gasteiger partial charge >= 0.3 is 6.09 Å². The summed E-state index contributed by atoms with van der Waals surface area (Å²) in [7, 11) is 0. The van der Waals surface area contributed by atoms with E-state index in [-0.39, 0.29) is 36.9 Å². The van der Waals surface area contributed by atoms with Crippen LogP contribution in [0.5, 0.6) is 0 Å². The highest BCUT2D eigenvalue weighted by Crippen LogP contribution is 2.33. The Morgan fingerprint density at radius 1 is 1.03 bits per heavy atom. The minimum absolute atomic E-state index is 0.110. The first-order valence-electron chi connectivity index (χ1n) is 12.2. The van der Waals surface area contributed by atoms with Crippen LogP contribution < -0.4 is 5.32 Å². The van der Waals surface area contributed by atoms with Gasteiger partial charge in [-0.1, -0.05) is 62.4 Å². The summed E-state index contributed by atoms with van der Waals surface area (Å²) in [5, 5.41) is 13.6. The Kier molecular flexibility index (Phi) is 7.70. The van der Waals surface area contributed by atoms with E-state index < -0.39 is 24.3 Å². The van der Waals surface area contributed by atoms with Gasteiger partial charge in [0, 0.05) is 18.7 Å². The second kappa shape index (κ2) is 10.9. The zero-order valence-corrected chi connectivity index (χ0v) is 20.2. The van der Waals surface area contributed by atoms with Gasteiger partial charge in [0.05, 0.1) is 18.2 Å². The standard InChI is InChI=1S/C27H33N3O5/c1-18(2)15-21(28-27(34)35-17-19-9-5-3-6-10-19)26(33)29-14-13-22-24(29)23(31)16-30(22)25(32)20-11-7-4-8-12-20/h3-12,18,21-24,31H,13-17H2,1-2H3,(H,28,34)/t21-,22?,23-,24-/m0/s1. The summed E-state index contributed by atoms with van der Waals surface area (Å²) >= 11 is 0. The molecule has 2 aliphatic rings. The van der Waals surface area contributed by atoms with E-state index in [0.717, 1.165) is 5.56 Å². The number of aliphatic hydroxyl groups excluding tert-OH is 1. The number of likely N-dealkylation sites (tertiary alicyclic amines) is 2. The molecular weight excluding hydrogens is 446 g/mol. The van der Waals surface area contributed by atoms with Crippen LogP contribution in [0.2, 0.25) is 0 Å². The highest BCUT2D eigenvalue weighted by Gasteiger charge is 2.52. The van der Waals surface area contributed by atoms with Gasteiger partial charge in [-0.3, -0.25) is 9.59 Å². The van der Waals surface area contributed by atoms with E-state index in [2.05, 4.69) is 5.32 Å². The number of carbonyl (C=O) groups excluding carboxylic acids is 3. The fraction of sp³-hybridized carbons (Fsp3) is 0.444. The van der Waals surface area contributed by atoms with Crippen molar-refractivity contribution < 1.29 is 24.2 Å². The minimum atomic E-state index is -0.844. The Labute approximate surface area is 205 Å². The third-order valence-corrected chi connectivity index (χ3v) is 6.67. The molecule has 8 heteroatoms. The Morgan fingerprint density at radius 2 is 1.69 bits per heavy atom. The van der Waals surface area contributed by atoms with Gasteiger partial charge < -0.3 is 25.0 Å². The molecule has 4 atom stereocenters. The number of nitrogens with zero attached hydrogens (tertiary/aromatic N) is 2. The van der Waals surface area contributed by atoms with Gasteiger partial charge in [-0.2, -0.15) is 0 Å². The lowest BCUT2D eigenvalue weighted by atomic mass is 10.0. The zero-order chi connectivity index (χ0) is 24.9. The van der Waals surface area contributed by atoms with Crippen molar-refractivity contribution in [3.63, 3.8) is 0 Å². The Bertz CT molecular complexity index is 1030. The molecule has 0 spiro atoms. The Hall–Kier alpha value is -3.39. The summed E-state index contributed by atoms with van der Waals surface area (Å²) in [5.41, 5.74) is 1.42. The Morgan fingerprint density at radius 3 is 2.34 bits per heavy atom. The normalized spacial score (nSPS) is 22.1. The van der Waals surface area contributed by atoms with E-state index in [1.54, 1.807) is 34.1 Å². The lowest BCUT2D eigenvalue weighted by Gasteiger charge is -2.30.